The van der Waals surface area contributed by atoms with Gasteiger partial charge < -0.3 is 5.11 Å². The molecule has 1 aromatic rings. The van der Waals surface area contributed by atoms with Gasteiger partial charge >= 0.3 is 0 Å². The van der Waals surface area contributed by atoms with E-state index in [-0.39, 0.29) is 11.5 Å². The van der Waals surface area contributed by atoms with E-state index in [4.69, 9.17) is 0 Å². The van der Waals surface area contributed by atoms with Gasteiger partial charge in [0.05, 0.1) is 0 Å². The Kier molecular flexibility index (Phi) is 1.68. The van der Waals surface area contributed by atoms with E-state index in [0.717, 1.165) is 24.8 Å². The van der Waals surface area contributed by atoms with Crippen molar-refractivity contribution in [2.75, 3.05) is 0 Å². The summed E-state index contributed by atoms with van der Waals surface area (Å²) >= 11 is 1.46. The first-order valence-corrected chi connectivity index (χ1v) is 4.86. The molecule has 0 atom stereocenters. The molecule has 12 heavy (non-hydrogen) atoms. The molecular weight excluding hydrogens is 172 g/mol. The van der Waals surface area contributed by atoms with Crippen LogP contribution in [0.4, 0.5) is 0 Å². The number of hydrogen-bond acceptors (Lipinski definition) is 3. The predicted molar refractivity (Wildman–Crippen MR) is 48.0 cm³/mol. The van der Waals surface area contributed by atoms with Crippen LogP contribution in [0, 0.1) is 0 Å². The summed E-state index contributed by atoms with van der Waals surface area (Å²) in [4.78, 5) is 12.8. The molecule has 64 valence electrons. The number of fused-ring (bicyclic) bond motifs is 1. The monoisotopic (exact) mass is 182 g/mol. The Bertz CT molecular complexity index is 339. The number of aromatic hydroxyl groups is 1. The molecular formula is C9H10O2S. The van der Waals surface area contributed by atoms with E-state index < -0.39 is 0 Å². The van der Waals surface area contributed by atoms with E-state index in [2.05, 4.69) is 0 Å². The SMILES string of the molecule is CC(=O)c1sc2c(c1O)CCC2. The second kappa shape index (κ2) is 2.59. The van der Waals surface area contributed by atoms with Crippen molar-refractivity contribution in [3.8, 4) is 5.75 Å². The number of hydrogen-bond donors (Lipinski definition) is 1. The van der Waals surface area contributed by atoms with Crippen LogP contribution in [0.25, 0.3) is 0 Å². The number of rotatable bonds is 1. The molecule has 1 aliphatic rings. The van der Waals surface area contributed by atoms with Crippen molar-refractivity contribution in [2.24, 2.45) is 0 Å². The van der Waals surface area contributed by atoms with Gasteiger partial charge in [0.25, 0.3) is 0 Å². The first-order valence-electron chi connectivity index (χ1n) is 4.04. The van der Waals surface area contributed by atoms with Crippen LogP contribution >= 0.6 is 11.3 Å². The summed E-state index contributed by atoms with van der Waals surface area (Å²) < 4.78 is 0. The second-order valence-electron chi connectivity index (χ2n) is 3.09. The maximum atomic E-state index is 11.0. The molecule has 0 aromatic carbocycles. The summed E-state index contributed by atoms with van der Waals surface area (Å²) in [7, 11) is 0. The highest BCUT2D eigenvalue weighted by molar-refractivity contribution is 7.14. The topological polar surface area (TPSA) is 37.3 Å². The Balaban J connectivity index is 2.54. The zero-order valence-corrected chi connectivity index (χ0v) is 7.70. The summed E-state index contributed by atoms with van der Waals surface area (Å²) in [5, 5.41) is 9.61. The number of carbonyl (C=O) groups is 1. The Morgan fingerprint density at radius 2 is 2.25 bits per heavy atom. The average Bonchev–Trinajstić information content (AvgIpc) is 2.53. The molecule has 0 fully saturated rings. The minimum Gasteiger partial charge on any atom is -0.506 e. The van der Waals surface area contributed by atoms with Crippen LogP contribution < -0.4 is 0 Å². The lowest BCUT2D eigenvalue weighted by Gasteiger charge is -1.93. The summed E-state index contributed by atoms with van der Waals surface area (Å²) in [6, 6.07) is 0. The number of ketones is 1. The number of aryl methyl sites for hydroxylation is 1. The van der Waals surface area contributed by atoms with Gasteiger partial charge in [0.1, 0.15) is 10.6 Å². The summed E-state index contributed by atoms with van der Waals surface area (Å²) in [5.41, 5.74) is 1.02. The molecule has 0 radical (unpaired) electrons. The molecule has 0 saturated carbocycles. The molecule has 2 rings (SSSR count). The van der Waals surface area contributed by atoms with Crippen molar-refractivity contribution < 1.29 is 9.90 Å². The first-order chi connectivity index (χ1) is 5.70. The average molecular weight is 182 g/mol. The van der Waals surface area contributed by atoms with E-state index in [1.165, 1.54) is 23.1 Å². The third-order valence-electron chi connectivity index (χ3n) is 2.21. The van der Waals surface area contributed by atoms with E-state index in [1.807, 2.05) is 0 Å². The van der Waals surface area contributed by atoms with Crippen LogP contribution in [0.5, 0.6) is 5.75 Å². The predicted octanol–water partition coefficient (Wildman–Crippen LogP) is 2.14. The summed E-state index contributed by atoms with van der Waals surface area (Å²) in [6.07, 6.45) is 3.08. The van der Waals surface area contributed by atoms with E-state index in [9.17, 15) is 9.90 Å². The zero-order chi connectivity index (χ0) is 8.72. The molecule has 0 spiro atoms. The molecule has 3 heteroatoms. The standard InChI is InChI=1S/C9H10O2S/c1-5(10)9-8(11)6-3-2-4-7(6)12-9/h11H,2-4H2,1H3. The number of carbonyl (C=O) groups excluding carboxylic acids is 1. The Hall–Kier alpha value is -0.830. The highest BCUT2D eigenvalue weighted by atomic mass is 32.1. The summed E-state index contributed by atoms with van der Waals surface area (Å²) in [6.45, 7) is 1.50. The van der Waals surface area contributed by atoms with Crippen LogP contribution in [-0.2, 0) is 12.8 Å². The fourth-order valence-electron chi connectivity index (χ4n) is 1.63. The van der Waals surface area contributed by atoms with Crippen LogP contribution in [0.3, 0.4) is 0 Å². The zero-order valence-electron chi connectivity index (χ0n) is 6.89. The van der Waals surface area contributed by atoms with Crippen molar-refractivity contribution in [3.63, 3.8) is 0 Å². The third kappa shape index (κ3) is 0.966. The molecule has 0 amide bonds. The molecule has 0 saturated heterocycles. The van der Waals surface area contributed by atoms with Gasteiger partial charge in [-0.05, 0) is 19.3 Å². The first kappa shape index (κ1) is 7.80. The van der Waals surface area contributed by atoms with Gasteiger partial charge in [0.15, 0.2) is 5.78 Å². The summed E-state index contributed by atoms with van der Waals surface area (Å²) in [5.74, 6) is 0.229. The van der Waals surface area contributed by atoms with Gasteiger partial charge in [-0.3, -0.25) is 4.79 Å². The minimum absolute atomic E-state index is 0.0214. The van der Waals surface area contributed by atoms with Crippen LogP contribution in [0.2, 0.25) is 0 Å². The van der Waals surface area contributed by atoms with E-state index >= 15 is 0 Å². The molecule has 1 aromatic heterocycles. The number of Topliss-reactive ketones (excluding diaryl/α,β-unsaturated/α-hetero) is 1. The molecule has 2 nitrogen and oxygen atoms in total. The lowest BCUT2D eigenvalue weighted by molar-refractivity contribution is 0.101. The molecule has 0 aliphatic heterocycles. The second-order valence-corrected chi connectivity index (χ2v) is 4.20. The van der Waals surface area contributed by atoms with Crippen molar-refractivity contribution in [1.29, 1.82) is 0 Å². The van der Waals surface area contributed by atoms with Crippen molar-refractivity contribution in [3.05, 3.63) is 15.3 Å². The lowest BCUT2D eigenvalue weighted by Crippen LogP contribution is -1.87. The third-order valence-corrected chi connectivity index (χ3v) is 3.60. The van der Waals surface area contributed by atoms with Crippen LogP contribution in [-0.4, -0.2) is 10.9 Å². The fraction of sp³-hybridized carbons (Fsp3) is 0.444. The molecule has 1 heterocycles. The van der Waals surface area contributed by atoms with Crippen molar-refractivity contribution in [2.45, 2.75) is 26.2 Å². The quantitative estimate of drug-likeness (QED) is 0.676. The van der Waals surface area contributed by atoms with Gasteiger partial charge in [-0.15, -0.1) is 11.3 Å². The van der Waals surface area contributed by atoms with E-state index in [0.29, 0.717) is 4.88 Å². The Morgan fingerprint density at radius 3 is 2.83 bits per heavy atom. The minimum atomic E-state index is -0.0214. The van der Waals surface area contributed by atoms with Gasteiger partial charge in [-0.2, -0.15) is 0 Å². The smallest absolute Gasteiger partial charge is 0.173 e. The lowest BCUT2D eigenvalue weighted by atomic mass is 10.2. The van der Waals surface area contributed by atoms with Gasteiger partial charge in [-0.1, -0.05) is 0 Å². The highest BCUT2D eigenvalue weighted by Gasteiger charge is 2.23. The van der Waals surface area contributed by atoms with Gasteiger partial charge in [0.2, 0.25) is 0 Å². The molecule has 1 N–H and O–H groups in total. The number of thiophene rings is 1. The van der Waals surface area contributed by atoms with Crippen molar-refractivity contribution in [1.82, 2.24) is 0 Å². The Morgan fingerprint density at radius 1 is 1.50 bits per heavy atom. The van der Waals surface area contributed by atoms with Gasteiger partial charge in [-0.25, -0.2) is 0 Å². The Labute approximate surface area is 74.8 Å². The van der Waals surface area contributed by atoms with Crippen LogP contribution in [0.1, 0.15) is 33.5 Å². The van der Waals surface area contributed by atoms with Crippen molar-refractivity contribution >= 4 is 17.1 Å². The fourth-order valence-corrected chi connectivity index (χ4v) is 2.80. The van der Waals surface area contributed by atoms with Gasteiger partial charge in [0, 0.05) is 17.4 Å². The maximum Gasteiger partial charge on any atom is 0.173 e. The highest BCUT2D eigenvalue weighted by Crippen LogP contribution is 2.40. The van der Waals surface area contributed by atoms with Crippen LogP contribution in [0.15, 0.2) is 0 Å². The van der Waals surface area contributed by atoms with E-state index in [1.54, 1.807) is 0 Å². The molecule has 0 unspecified atom stereocenters. The molecule has 0 bridgehead atoms. The normalized spacial score (nSPS) is 14.8. The molecule has 1 aliphatic carbocycles. The largest absolute Gasteiger partial charge is 0.506 e. The maximum absolute atomic E-state index is 11.0.